The first-order valence-electron chi connectivity index (χ1n) is 8.25. The maximum absolute atomic E-state index is 13.6. The first-order valence-corrected chi connectivity index (χ1v) is 8.25. The Morgan fingerprint density at radius 2 is 1.81 bits per heavy atom. The minimum atomic E-state index is -0.459. The van der Waals surface area contributed by atoms with Gasteiger partial charge in [0.15, 0.2) is 5.96 Å². The second-order valence-corrected chi connectivity index (χ2v) is 5.46. The van der Waals surface area contributed by atoms with Crippen molar-refractivity contribution in [3.8, 4) is 5.75 Å². The molecular formula is C19H24F2IN3O. The fourth-order valence-electron chi connectivity index (χ4n) is 2.22. The summed E-state index contributed by atoms with van der Waals surface area (Å²) in [6.45, 7) is 1.52. The maximum Gasteiger partial charge on any atom is 0.191 e. The van der Waals surface area contributed by atoms with Gasteiger partial charge in [-0.2, -0.15) is 0 Å². The highest BCUT2D eigenvalue weighted by Gasteiger charge is 2.05. The van der Waals surface area contributed by atoms with Gasteiger partial charge in [-0.15, -0.1) is 24.0 Å². The number of rotatable bonds is 8. The van der Waals surface area contributed by atoms with E-state index in [1.54, 1.807) is 7.05 Å². The summed E-state index contributed by atoms with van der Waals surface area (Å²) in [5.41, 5.74) is 0.263. The lowest BCUT2D eigenvalue weighted by Crippen LogP contribution is -2.37. The minimum Gasteiger partial charge on any atom is -0.494 e. The molecule has 0 aliphatic heterocycles. The van der Waals surface area contributed by atoms with E-state index in [1.165, 1.54) is 6.07 Å². The Hall–Kier alpha value is -1.90. The molecule has 0 aromatic heterocycles. The second-order valence-electron chi connectivity index (χ2n) is 5.46. The molecule has 26 heavy (non-hydrogen) atoms. The standard InChI is InChI=1S/C19H23F2N3O.HI/c1-22-19(24-14-15-13-16(20)9-10-18(15)21)23-11-5-6-12-25-17-7-3-2-4-8-17;/h2-4,7-10,13H,5-6,11-12,14H2,1H3,(H2,22,23,24);1H. The van der Waals surface area contributed by atoms with Crippen LogP contribution in [0.3, 0.4) is 0 Å². The molecule has 0 heterocycles. The summed E-state index contributed by atoms with van der Waals surface area (Å²) in [6.07, 6.45) is 1.80. The fraction of sp³-hybridized carbons (Fsp3) is 0.316. The van der Waals surface area contributed by atoms with Gasteiger partial charge in [-0.25, -0.2) is 8.78 Å². The molecule has 0 bridgehead atoms. The maximum atomic E-state index is 13.6. The summed E-state index contributed by atoms with van der Waals surface area (Å²) in [7, 11) is 1.63. The number of halogens is 3. The molecular weight excluding hydrogens is 451 g/mol. The third-order valence-corrected chi connectivity index (χ3v) is 3.55. The Morgan fingerprint density at radius 1 is 1.04 bits per heavy atom. The number of nitrogens with one attached hydrogen (secondary N) is 2. The van der Waals surface area contributed by atoms with Gasteiger partial charge in [0.25, 0.3) is 0 Å². The molecule has 0 radical (unpaired) electrons. The van der Waals surface area contributed by atoms with Gasteiger partial charge in [-0.3, -0.25) is 4.99 Å². The molecule has 7 heteroatoms. The van der Waals surface area contributed by atoms with E-state index < -0.39 is 11.6 Å². The number of benzene rings is 2. The van der Waals surface area contributed by atoms with Gasteiger partial charge in [-0.05, 0) is 43.2 Å². The van der Waals surface area contributed by atoms with Crippen molar-refractivity contribution in [2.24, 2.45) is 4.99 Å². The minimum absolute atomic E-state index is 0. The molecule has 0 saturated heterocycles. The van der Waals surface area contributed by atoms with Gasteiger partial charge in [0.1, 0.15) is 17.4 Å². The lowest BCUT2D eigenvalue weighted by atomic mass is 10.2. The predicted molar refractivity (Wildman–Crippen MR) is 111 cm³/mol. The van der Waals surface area contributed by atoms with Crippen molar-refractivity contribution >= 4 is 29.9 Å². The molecule has 0 aliphatic carbocycles. The highest BCUT2D eigenvalue weighted by atomic mass is 127. The van der Waals surface area contributed by atoms with Gasteiger partial charge >= 0.3 is 0 Å². The molecule has 2 aromatic carbocycles. The quantitative estimate of drug-likeness (QED) is 0.262. The number of hydrogen-bond donors (Lipinski definition) is 2. The zero-order valence-corrected chi connectivity index (χ0v) is 17.0. The van der Waals surface area contributed by atoms with Gasteiger partial charge in [-0.1, -0.05) is 18.2 Å². The smallest absolute Gasteiger partial charge is 0.191 e. The number of ether oxygens (including phenoxy) is 1. The Morgan fingerprint density at radius 3 is 2.54 bits per heavy atom. The third-order valence-electron chi connectivity index (χ3n) is 3.55. The van der Waals surface area contributed by atoms with Crippen molar-refractivity contribution in [1.82, 2.24) is 10.6 Å². The van der Waals surface area contributed by atoms with Crippen LogP contribution in [0, 0.1) is 11.6 Å². The number of nitrogens with zero attached hydrogens (tertiary/aromatic N) is 1. The topological polar surface area (TPSA) is 45.7 Å². The van der Waals surface area contributed by atoms with Crippen LogP contribution < -0.4 is 15.4 Å². The lowest BCUT2D eigenvalue weighted by Gasteiger charge is -2.12. The third kappa shape index (κ3) is 7.99. The molecule has 2 aromatic rings. The zero-order valence-electron chi connectivity index (χ0n) is 14.7. The van der Waals surface area contributed by atoms with Crippen molar-refractivity contribution in [2.75, 3.05) is 20.2 Å². The molecule has 0 spiro atoms. The van der Waals surface area contributed by atoms with Crippen LogP contribution in [0.4, 0.5) is 8.78 Å². The van der Waals surface area contributed by atoms with E-state index in [0.717, 1.165) is 30.7 Å². The van der Waals surface area contributed by atoms with Gasteiger partial charge < -0.3 is 15.4 Å². The highest BCUT2D eigenvalue weighted by molar-refractivity contribution is 14.0. The molecule has 0 unspecified atom stereocenters. The molecule has 2 rings (SSSR count). The molecule has 142 valence electrons. The highest BCUT2D eigenvalue weighted by Crippen LogP contribution is 2.09. The molecule has 0 atom stereocenters. The lowest BCUT2D eigenvalue weighted by molar-refractivity contribution is 0.307. The van der Waals surface area contributed by atoms with E-state index in [4.69, 9.17) is 4.74 Å². The Balaban J connectivity index is 0.00000338. The van der Waals surface area contributed by atoms with Crippen molar-refractivity contribution in [3.63, 3.8) is 0 Å². The second kappa shape index (κ2) is 12.5. The van der Waals surface area contributed by atoms with Crippen molar-refractivity contribution in [2.45, 2.75) is 19.4 Å². The molecule has 0 aliphatic rings. The number of unbranched alkanes of at least 4 members (excludes halogenated alkanes) is 1. The van der Waals surface area contributed by atoms with Crippen molar-refractivity contribution < 1.29 is 13.5 Å². The van der Waals surface area contributed by atoms with Crippen LogP contribution in [-0.4, -0.2) is 26.2 Å². The first-order chi connectivity index (χ1) is 12.2. The van der Waals surface area contributed by atoms with E-state index in [9.17, 15) is 8.78 Å². The predicted octanol–water partition coefficient (Wildman–Crippen LogP) is 4.11. The molecule has 0 saturated carbocycles. The summed E-state index contributed by atoms with van der Waals surface area (Å²) in [4.78, 5) is 4.07. The first kappa shape index (κ1) is 22.1. The average Bonchev–Trinajstić information content (AvgIpc) is 2.64. The fourth-order valence-corrected chi connectivity index (χ4v) is 2.22. The summed E-state index contributed by atoms with van der Waals surface area (Å²) < 4.78 is 32.3. The Bertz CT molecular complexity index is 684. The van der Waals surface area contributed by atoms with E-state index in [2.05, 4.69) is 15.6 Å². The SMILES string of the molecule is CN=C(NCCCCOc1ccccc1)NCc1cc(F)ccc1F.I. The van der Waals surface area contributed by atoms with Gasteiger partial charge in [0.2, 0.25) is 0 Å². The van der Waals surface area contributed by atoms with Crippen LogP contribution in [0.2, 0.25) is 0 Å². The largest absolute Gasteiger partial charge is 0.494 e. The van der Waals surface area contributed by atoms with Crippen LogP contribution >= 0.6 is 24.0 Å². The van der Waals surface area contributed by atoms with Crippen LogP contribution in [0.25, 0.3) is 0 Å². The Kier molecular flexibility index (Phi) is 10.6. The van der Waals surface area contributed by atoms with Crippen LogP contribution in [-0.2, 0) is 6.54 Å². The van der Waals surface area contributed by atoms with Gasteiger partial charge in [0, 0.05) is 25.7 Å². The molecule has 0 amide bonds. The zero-order chi connectivity index (χ0) is 17.9. The van der Waals surface area contributed by atoms with Crippen LogP contribution in [0.15, 0.2) is 53.5 Å². The van der Waals surface area contributed by atoms with Crippen molar-refractivity contribution in [1.29, 1.82) is 0 Å². The normalized spacial score (nSPS) is 10.8. The summed E-state index contributed by atoms with van der Waals surface area (Å²) in [5.74, 6) is 0.514. The van der Waals surface area contributed by atoms with E-state index in [-0.39, 0.29) is 36.1 Å². The number of hydrogen-bond acceptors (Lipinski definition) is 2. The molecule has 4 nitrogen and oxygen atoms in total. The Labute approximate surface area is 170 Å². The van der Waals surface area contributed by atoms with Crippen LogP contribution in [0.1, 0.15) is 18.4 Å². The molecule has 2 N–H and O–H groups in total. The van der Waals surface area contributed by atoms with Crippen LogP contribution in [0.5, 0.6) is 5.75 Å². The number of aliphatic imine (C=N–C) groups is 1. The van der Waals surface area contributed by atoms with E-state index in [1.807, 2.05) is 30.3 Å². The summed E-state index contributed by atoms with van der Waals surface area (Å²) in [5, 5.41) is 6.11. The summed E-state index contributed by atoms with van der Waals surface area (Å²) >= 11 is 0. The summed E-state index contributed by atoms with van der Waals surface area (Å²) in [6, 6.07) is 13.1. The average molecular weight is 475 g/mol. The molecule has 0 fully saturated rings. The number of para-hydroxylation sites is 1. The van der Waals surface area contributed by atoms with E-state index >= 15 is 0 Å². The monoisotopic (exact) mass is 475 g/mol. The van der Waals surface area contributed by atoms with E-state index in [0.29, 0.717) is 19.1 Å². The van der Waals surface area contributed by atoms with Crippen molar-refractivity contribution in [3.05, 3.63) is 65.7 Å². The number of guanidine groups is 1. The van der Waals surface area contributed by atoms with Gasteiger partial charge in [0.05, 0.1) is 6.61 Å².